The summed E-state index contributed by atoms with van der Waals surface area (Å²) in [6, 6.07) is 11.2. The summed E-state index contributed by atoms with van der Waals surface area (Å²) in [7, 11) is 1.61. The largest absolute Gasteiger partial charge is 0.355 e. The Balaban J connectivity index is 1.75. The molecule has 1 heterocycles. The Morgan fingerprint density at radius 1 is 1.09 bits per heavy atom. The van der Waals surface area contributed by atoms with Crippen molar-refractivity contribution in [1.29, 1.82) is 0 Å². The van der Waals surface area contributed by atoms with Crippen LogP contribution in [0, 0.1) is 0 Å². The van der Waals surface area contributed by atoms with E-state index in [9.17, 15) is 9.59 Å². The normalized spacial score (nSPS) is 13.4. The maximum Gasteiger partial charge on any atom is 0.254 e. The number of nitrogens with zero attached hydrogens (tertiary/aromatic N) is 2. The fourth-order valence-corrected chi connectivity index (χ4v) is 2.52. The molecule has 0 radical (unpaired) electrons. The zero-order valence-electron chi connectivity index (χ0n) is 13.0. The highest BCUT2D eigenvalue weighted by Crippen LogP contribution is 2.29. The lowest BCUT2D eigenvalue weighted by Crippen LogP contribution is -2.32. The molecule has 0 aliphatic heterocycles. The fourth-order valence-electron chi connectivity index (χ4n) is 2.52. The van der Waals surface area contributed by atoms with Crippen LogP contribution in [0.5, 0.6) is 0 Å². The van der Waals surface area contributed by atoms with Gasteiger partial charge in [-0.3, -0.25) is 14.6 Å². The number of nitrogens with one attached hydrogen (secondary N) is 1. The van der Waals surface area contributed by atoms with Gasteiger partial charge >= 0.3 is 0 Å². The van der Waals surface area contributed by atoms with Crippen LogP contribution < -0.4 is 5.32 Å². The van der Waals surface area contributed by atoms with Crippen molar-refractivity contribution in [3.63, 3.8) is 0 Å². The average Bonchev–Trinajstić information content (AvgIpc) is 3.44. The van der Waals surface area contributed by atoms with E-state index in [1.807, 2.05) is 17.0 Å². The van der Waals surface area contributed by atoms with Crippen molar-refractivity contribution in [3.05, 3.63) is 65.5 Å². The molecule has 0 unspecified atom stereocenters. The van der Waals surface area contributed by atoms with Gasteiger partial charge in [0.1, 0.15) is 0 Å². The fraction of sp³-hybridized carbons (Fsp3) is 0.278. The van der Waals surface area contributed by atoms with Gasteiger partial charge in [-0.25, -0.2) is 0 Å². The summed E-state index contributed by atoms with van der Waals surface area (Å²) in [5, 5.41) is 2.60. The number of hydrogen-bond acceptors (Lipinski definition) is 3. The first-order valence-corrected chi connectivity index (χ1v) is 7.71. The minimum Gasteiger partial charge on any atom is -0.355 e. The lowest BCUT2D eigenvalue weighted by atomic mass is 10.1. The third-order valence-corrected chi connectivity index (χ3v) is 3.97. The molecule has 23 heavy (non-hydrogen) atoms. The number of hydrogen-bond donors (Lipinski definition) is 1. The summed E-state index contributed by atoms with van der Waals surface area (Å²) in [6.45, 7) is 0.555. The standard InChI is InChI=1S/C18H19N3O2/c1-19-17(22)14-4-2-13(3-5-14)12-21(16-6-7-16)18(23)15-8-10-20-11-9-15/h2-5,8-11,16H,6-7,12H2,1H3,(H,19,22). The van der Waals surface area contributed by atoms with E-state index in [0.717, 1.165) is 18.4 Å². The molecule has 1 saturated carbocycles. The van der Waals surface area contributed by atoms with Gasteiger partial charge in [0, 0.05) is 43.2 Å². The van der Waals surface area contributed by atoms with Gasteiger partial charge in [-0.1, -0.05) is 12.1 Å². The third kappa shape index (κ3) is 3.56. The molecule has 5 heteroatoms. The third-order valence-electron chi connectivity index (χ3n) is 3.97. The number of amides is 2. The second kappa shape index (κ2) is 6.60. The first kappa shape index (κ1) is 15.2. The predicted octanol–water partition coefficient (Wildman–Crippen LogP) is 2.25. The van der Waals surface area contributed by atoms with E-state index in [0.29, 0.717) is 23.7 Å². The Labute approximate surface area is 135 Å². The first-order valence-electron chi connectivity index (χ1n) is 7.71. The van der Waals surface area contributed by atoms with Gasteiger partial charge in [0.15, 0.2) is 0 Å². The highest BCUT2D eigenvalue weighted by molar-refractivity contribution is 5.95. The lowest BCUT2D eigenvalue weighted by Gasteiger charge is -2.22. The first-order chi connectivity index (χ1) is 11.2. The second-order valence-electron chi connectivity index (χ2n) is 5.68. The number of rotatable bonds is 5. The van der Waals surface area contributed by atoms with E-state index in [1.165, 1.54) is 0 Å². The molecule has 0 bridgehead atoms. The highest BCUT2D eigenvalue weighted by atomic mass is 16.2. The summed E-state index contributed by atoms with van der Waals surface area (Å²) in [4.78, 5) is 30.1. The van der Waals surface area contributed by atoms with Crippen LogP contribution in [0.3, 0.4) is 0 Å². The van der Waals surface area contributed by atoms with E-state index in [2.05, 4.69) is 10.3 Å². The Kier molecular flexibility index (Phi) is 4.37. The van der Waals surface area contributed by atoms with Gasteiger partial charge in [-0.05, 0) is 42.7 Å². The zero-order valence-corrected chi connectivity index (χ0v) is 13.0. The SMILES string of the molecule is CNC(=O)c1ccc(CN(C(=O)c2ccncc2)C2CC2)cc1. The molecule has 1 aliphatic carbocycles. The highest BCUT2D eigenvalue weighted by Gasteiger charge is 2.33. The molecular weight excluding hydrogens is 290 g/mol. The van der Waals surface area contributed by atoms with E-state index >= 15 is 0 Å². The molecule has 0 atom stereocenters. The van der Waals surface area contributed by atoms with Crippen molar-refractivity contribution >= 4 is 11.8 Å². The molecule has 1 aromatic carbocycles. The van der Waals surface area contributed by atoms with Crippen LogP contribution in [0.1, 0.15) is 39.1 Å². The maximum absolute atomic E-state index is 12.7. The van der Waals surface area contributed by atoms with Gasteiger partial charge in [-0.2, -0.15) is 0 Å². The van der Waals surface area contributed by atoms with Crippen LogP contribution in [-0.4, -0.2) is 34.8 Å². The molecular formula is C18H19N3O2. The van der Waals surface area contributed by atoms with Gasteiger partial charge in [0.25, 0.3) is 11.8 Å². The smallest absolute Gasteiger partial charge is 0.254 e. The van der Waals surface area contributed by atoms with Gasteiger partial charge < -0.3 is 10.2 Å². The summed E-state index contributed by atoms with van der Waals surface area (Å²) in [5.41, 5.74) is 2.30. The monoisotopic (exact) mass is 309 g/mol. The van der Waals surface area contributed by atoms with Crippen LogP contribution >= 0.6 is 0 Å². The molecule has 0 spiro atoms. The Morgan fingerprint density at radius 3 is 2.30 bits per heavy atom. The molecule has 5 nitrogen and oxygen atoms in total. The van der Waals surface area contributed by atoms with E-state index in [1.54, 1.807) is 43.7 Å². The van der Waals surface area contributed by atoms with Crippen LogP contribution in [0.2, 0.25) is 0 Å². The molecule has 1 aromatic heterocycles. The molecule has 0 saturated heterocycles. The van der Waals surface area contributed by atoms with E-state index < -0.39 is 0 Å². The maximum atomic E-state index is 12.7. The summed E-state index contributed by atoms with van der Waals surface area (Å²) in [6.07, 6.45) is 5.37. The molecule has 3 rings (SSSR count). The predicted molar refractivity (Wildman–Crippen MR) is 87.0 cm³/mol. The van der Waals surface area contributed by atoms with Gasteiger partial charge in [0.05, 0.1) is 0 Å². The van der Waals surface area contributed by atoms with Crippen molar-refractivity contribution in [1.82, 2.24) is 15.2 Å². The summed E-state index contributed by atoms with van der Waals surface area (Å²) < 4.78 is 0. The minimum atomic E-state index is -0.108. The quantitative estimate of drug-likeness (QED) is 0.921. The van der Waals surface area contributed by atoms with Crippen LogP contribution in [-0.2, 0) is 6.54 Å². The molecule has 2 amide bonds. The molecule has 2 aromatic rings. The van der Waals surface area contributed by atoms with Crippen LogP contribution in [0.15, 0.2) is 48.8 Å². The van der Waals surface area contributed by atoms with Crippen molar-refractivity contribution in [3.8, 4) is 0 Å². The second-order valence-corrected chi connectivity index (χ2v) is 5.68. The molecule has 118 valence electrons. The zero-order chi connectivity index (χ0) is 16.2. The van der Waals surface area contributed by atoms with Gasteiger partial charge in [-0.15, -0.1) is 0 Å². The molecule has 1 aliphatic rings. The average molecular weight is 309 g/mol. The lowest BCUT2D eigenvalue weighted by molar-refractivity contribution is 0.0729. The Morgan fingerprint density at radius 2 is 1.74 bits per heavy atom. The van der Waals surface area contributed by atoms with Crippen molar-refractivity contribution < 1.29 is 9.59 Å². The Bertz CT molecular complexity index is 694. The minimum absolute atomic E-state index is 0.0327. The number of carbonyl (C=O) groups excluding carboxylic acids is 2. The molecule has 1 N–H and O–H groups in total. The summed E-state index contributed by atoms with van der Waals surface area (Å²) >= 11 is 0. The topological polar surface area (TPSA) is 62.3 Å². The number of aromatic nitrogens is 1. The Hall–Kier alpha value is -2.69. The van der Waals surface area contributed by atoms with Crippen LogP contribution in [0.4, 0.5) is 0 Å². The number of pyridine rings is 1. The summed E-state index contributed by atoms with van der Waals surface area (Å²) in [5.74, 6) is -0.0752. The number of benzene rings is 1. The van der Waals surface area contributed by atoms with Crippen molar-refractivity contribution in [2.24, 2.45) is 0 Å². The molecule has 1 fully saturated rings. The van der Waals surface area contributed by atoms with E-state index in [-0.39, 0.29) is 11.8 Å². The van der Waals surface area contributed by atoms with Crippen LogP contribution in [0.25, 0.3) is 0 Å². The van der Waals surface area contributed by atoms with Crippen molar-refractivity contribution in [2.45, 2.75) is 25.4 Å². The van der Waals surface area contributed by atoms with Crippen molar-refractivity contribution in [2.75, 3.05) is 7.05 Å². The van der Waals surface area contributed by atoms with Gasteiger partial charge in [0.2, 0.25) is 0 Å². The van der Waals surface area contributed by atoms with E-state index in [4.69, 9.17) is 0 Å². The number of carbonyl (C=O) groups is 2.